The van der Waals surface area contributed by atoms with Crippen molar-refractivity contribution >= 4 is 35.2 Å². The second kappa shape index (κ2) is 12.4. The van der Waals surface area contributed by atoms with Gasteiger partial charge in [0.15, 0.2) is 0 Å². The molecule has 0 heterocycles. The van der Waals surface area contributed by atoms with E-state index in [1.807, 2.05) is 45.0 Å². The minimum Gasteiger partial charge on any atom is -0.444 e. The number of ether oxygens (including phenoxy) is 1. The van der Waals surface area contributed by atoms with Crippen LogP contribution < -0.4 is 10.6 Å². The van der Waals surface area contributed by atoms with Crippen molar-refractivity contribution in [3.8, 4) is 0 Å². The Morgan fingerprint density at radius 3 is 2.03 bits per heavy atom. The smallest absolute Gasteiger partial charge is 0.408 e. The predicted molar refractivity (Wildman–Crippen MR) is 146 cm³/mol. The van der Waals surface area contributed by atoms with Crippen LogP contribution in [-0.2, 0) is 14.3 Å². The second-order valence-corrected chi connectivity index (χ2v) is 10.8. The molecule has 37 heavy (non-hydrogen) atoms. The molecule has 0 aromatic heterocycles. The van der Waals surface area contributed by atoms with Crippen molar-refractivity contribution in [2.45, 2.75) is 79.1 Å². The lowest BCUT2D eigenvalue weighted by molar-refractivity contribution is -0.143. The maximum absolute atomic E-state index is 14.0. The Labute approximate surface area is 224 Å². The SMILES string of the molecule is Cc1cccc(Cl)c1NC(=O)C(c1c(C)cccc1C)N(C(=O)C(CO)NC(=O)OC(C)(C)C)C(C)C. The lowest BCUT2D eigenvalue weighted by Gasteiger charge is -2.38. The fourth-order valence-electron chi connectivity index (χ4n) is 4.13. The summed E-state index contributed by atoms with van der Waals surface area (Å²) in [7, 11) is 0. The third-order valence-electron chi connectivity index (χ3n) is 5.79. The number of carbonyl (C=O) groups excluding carboxylic acids is 3. The second-order valence-electron chi connectivity index (χ2n) is 10.3. The summed E-state index contributed by atoms with van der Waals surface area (Å²) in [5, 5.41) is 15.8. The van der Waals surface area contributed by atoms with Crippen LogP contribution in [0.3, 0.4) is 0 Å². The summed E-state index contributed by atoms with van der Waals surface area (Å²) < 4.78 is 5.27. The Hall–Kier alpha value is -3.10. The van der Waals surface area contributed by atoms with Crippen LogP contribution in [0, 0.1) is 20.8 Å². The van der Waals surface area contributed by atoms with Crippen molar-refractivity contribution in [2.75, 3.05) is 11.9 Å². The molecule has 0 radical (unpaired) electrons. The zero-order chi connectivity index (χ0) is 28.1. The molecule has 2 aromatic carbocycles. The Kier molecular flexibility index (Phi) is 10.1. The third-order valence-corrected chi connectivity index (χ3v) is 6.11. The van der Waals surface area contributed by atoms with Crippen molar-refractivity contribution in [1.29, 1.82) is 0 Å². The zero-order valence-electron chi connectivity index (χ0n) is 22.8. The van der Waals surface area contributed by atoms with Gasteiger partial charge in [0.05, 0.1) is 17.3 Å². The lowest BCUT2D eigenvalue weighted by Crippen LogP contribution is -2.55. The molecule has 8 nitrogen and oxygen atoms in total. The van der Waals surface area contributed by atoms with E-state index in [9.17, 15) is 19.5 Å². The van der Waals surface area contributed by atoms with E-state index in [1.165, 1.54) is 4.90 Å². The van der Waals surface area contributed by atoms with E-state index in [-0.39, 0.29) is 0 Å². The van der Waals surface area contributed by atoms with Gasteiger partial charge in [-0.2, -0.15) is 0 Å². The van der Waals surface area contributed by atoms with Gasteiger partial charge in [-0.3, -0.25) is 9.59 Å². The van der Waals surface area contributed by atoms with Crippen molar-refractivity contribution in [2.24, 2.45) is 0 Å². The summed E-state index contributed by atoms with van der Waals surface area (Å²) in [6, 6.07) is 8.05. The predicted octanol–water partition coefficient (Wildman–Crippen LogP) is 5.07. The van der Waals surface area contributed by atoms with Crippen LogP contribution in [0.4, 0.5) is 10.5 Å². The number of aliphatic hydroxyl groups is 1. The van der Waals surface area contributed by atoms with Crippen LogP contribution >= 0.6 is 11.6 Å². The maximum Gasteiger partial charge on any atom is 0.408 e. The number of nitrogens with zero attached hydrogens (tertiary/aromatic N) is 1. The van der Waals surface area contributed by atoms with E-state index in [2.05, 4.69) is 10.6 Å². The van der Waals surface area contributed by atoms with Crippen LogP contribution in [0.15, 0.2) is 36.4 Å². The topological polar surface area (TPSA) is 108 Å². The minimum atomic E-state index is -1.32. The van der Waals surface area contributed by atoms with E-state index in [4.69, 9.17) is 16.3 Å². The zero-order valence-corrected chi connectivity index (χ0v) is 23.6. The first-order valence-electron chi connectivity index (χ1n) is 12.2. The van der Waals surface area contributed by atoms with Crippen molar-refractivity contribution in [3.63, 3.8) is 0 Å². The molecule has 0 aliphatic rings. The molecule has 0 aliphatic carbocycles. The fraction of sp³-hybridized carbons (Fsp3) is 0.464. The normalized spacial score (nSPS) is 13.1. The average molecular weight is 532 g/mol. The first kappa shape index (κ1) is 30.1. The van der Waals surface area contributed by atoms with Crippen LogP contribution in [-0.4, -0.2) is 52.2 Å². The van der Waals surface area contributed by atoms with Crippen LogP contribution in [0.5, 0.6) is 0 Å². The largest absolute Gasteiger partial charge is 0.444 e. The van der Waals surface area contributed by atoms with E-state index in [0.717, 1.165) is 16.7 Å². The number of alkyl carbamates (subject to hydrolysis) is 1. The number of nitrogens with one attached hydrogen (secondary N) is 2. The summed E-state index contributed by atoms with van der Waals surface area (Å²) in [5.41, 5.74) is 2.71. The fourth-order valence-corrected chi connectivity index (χ4v) is 4.40. The number of aliphatic hydroxyl groups excluding tert-OH is 1. The Morgan fingerprint density at radius 1 is 1.00 bits per heavy atom. The molecule has 2 aromatic rings. The van der Waals surface area contributed by atoms with Crippen molar-refractivity contribution < 1.29 is 24.2 Å². The van der Waals surface area contributed by atoms with Crippen molar-refractivity contribution in [3.05, 3.63) is 63.7 Å². The number of amides is 3. The monoisotopic (exact) mass is 531 g/mol. The highest BCUT2D eigenvalue weighted by molar-refractivity contribution is 6.34. The van der Waals surface area contributed by atoms with E-state index < -0.39 is 48.2 Å². The molecule has 0 aliphatic heterocycles. The first-order chi connectivity index (χ1) is 17.2. The number of benzene rings is 2. The highest BCUT2D eigenvalue weighted by atomic mass is 35.5. The number of hydrogen-bond acceptors (Lipinski definition) is 5. The van der Waals surface area contributed by atoms with Gasteiger partial charge in [0.25, 0.3) is 5.91 Å². The molecule has 9 heteroatoms. The molecular formula is C28H38ClN3O5. The van der Waals surface area contributed by atoms with Crippen molar-refractivity contribution in [1.82, 2.24) is 10.2 Å². The summed E-state index contributed by atoms with van der Waals surface area (Å²) >= 11 is 6.38. The molecule has 0 saturated heterocycles. The van der Waals surface area contributed by atoms with Gasteiger partial charge in [0, 0.05) is 6.04 Å². The number of anilines is 1. The highest BCUT2D eigenvalue weighted by Crippen LogP contribution is 2.33. The first-order valence-corrected chi connectivity index (χ1v) is 12.6. The molecule has 202 valence electrons. The van der Waals surface area contributed by atoms with Crippen LogP contribution in [0.2, 0.25) is 5.02 Å². The number of rotatable bonds is 8. The van der Waals surface area contributed by atoms with E-state index in [0.29, 0.717) is 16.3 Å². The summed E-state index contributed by atoms with van der Waals surface area (Å²) in [4.78, 5) is 41.6. The van der Waals surface area contributed by atoms with Gasteiger partial charge in [-0.05, 0) is 83.7 Å². The molecular weight excluding hydrogens is 494 g/mol. The molecule has 3 amide bonds. The molecule has 0 saturated carbocycles. The summed E-state index contributed by atoms with van der Waals surface area (Å²) in [5.74, 6) is -1.09. The Balaban J connectivity index is 2.58. The number of halogens is 1. The number of hydrogen-bond donors (Lipinski definition) is 3. The number of para-hydroxylation sites is 1. The van der Waals surface area contributed by atoms with Gasteiger partial charge in [-0.25, -0.2) is 4.79 Å². The third kappa shape index (κ3) is 7.69. The Bertz CT molecular complexity index is 1100. The molecule has 2 rings (SSSR count). The summed E-state index contributed by atoms with van der Waals surface area (Å²) in [6.45, 7) is 13.5. The molecule has 0 bridgehead atoms. The number of carbonyl (C=O) groups is 3. The molecule has 2 unspecified atom stereocenters. The average Bonchev–Trinajstić information content (AvgIpc) is 2.77. The van der Waals surface area contributed by atoms with E-state index >= 15 is 0 Å². The highest BCUT2D eigenvalue weighted by Gasteiger charge is 2.39. The van der Waals surface area contributed by atoms with Gasteiger partial charge < -0.3 is 25.4 Å². The standard InChI is InChI=1S/C28H38ClN3O5/c1-16(2)32(26(35)21(15-33)30-27(36)37-28(6,7)8)24(22-17(3)11-9-12-18(22)4)25(34)31-23-19(5)13-10-14-20(23)29/h9-14,16,21,24,33H,15H2,1-8H3,(H,30,36)(H,31,34). The quantitative estimate of drug-likeness (QED) is 0.441. The van der Waals surface area contributed by atoms with Gasteiger partial charge in [-0.1, -0.05) is 41.9 Å². The summed E-state index contributed by atoms with van der Waals surface area (Å²) in [6.07, 6.45) is -0.844. The lowest BCUT2D eigenvalue weighted by atomic mass is 9.92. The van der Waals surface area contributed by atoms with Gasteiger partial charge in [0.2, 0.25) is 5.91 Å². The Morgan fingerprint density at radius 2 is 1.54 bits per heavy atom. The minimum absolute atomic E-state index is 0.371. The number of aryl methyl sites for hydroxylation is 3. The molecule has 2 atom stereocenters. The van der Waals surface area contributed by atoms with E-state index in [1.54, 1.807) is 46.8 Å². The maximum atomic E-state index is 14.0. The van der Waals surface area contributed by atoms with Crippen LogP contribution in [0.25, 0.3) is 0 Å². The molecule has 3 N–H and O–H groups in total. The van der Waals surface area contributed by atoms with Gasteiger partial charge in [-0.15, -0.1) is 0 Å². The van der Waals surface area contributed by atoms with Crippen LogP contribution in [0.1, 0.15) is 62.9 Å². The van der Waals surface area contributed by atoms with Gasteiger partial charge in [0.1, 0.15) is 17.7 Å². The molecule has 0 fully saturated rings. The van der Waals surface area contributed by atoms with Gasteiger partial charge >= 0.3 is 6.09 Å². The molecule has 0 spiro atoms.